The minimum atomic E-state index is -0.155. The fourth-order valence-corrected chi connectivity index (χ4v) is 3.67. The van der Waals surface area contributed by atoms with Gasteiger partial charge in [-0.05, 0) is 63.8 Å². The van der Waals surface area contributed by atoms with Crippen molar-refractivity contribution < 1.29 is 4.79 Å². The molecule has 0 atom stereocenters. The van der Waals surface area contributed by atoms with Gasteiger partial charge in [0.15, 0.2) is 0 Å². The maximum absolute atomic E-state index is 12.3. The van der Waals surface area contributed by atoms with E-state index in [1.54, 1.807) is 18.2 Å². The summed E-state index contributed by atoms with van der Waals surface area (Å²) in [6.07, 6.45) is 0. The van der Waals surface area contributed by atoms with Gasteiger partial charge in [0.25, 0.3) is 5.91 Å². The molecule has 6 heteroatoms. The van der Waals surface area contributed by atoms with E-state index in [1.807, 2.05) is 24.3 Å². The monoisotopic (exact) mass is 380 g/mol. The van der Waals surface area contributed by atoms with E-state index in [1.165, 1.54) is 11.3 Å². The Kier molecular flexibility index (Phi) is 3.89. The highest BCUT2D eigenvalue weighted by atomic mass is 79.9. The highest BCUT2D eigenvalue weighted by molar-refractivity contribution is 9.10. The molecule has 3 rings (SSSR count). The first-order chi connectivity index (χ1) is 10.0. The standard InChI is InChI=1S/C15H10BrClN2OS/c16-11-7-9(17)1-3-12(11)19-15(20)14-6-8-5-10(18)2-4-13(8)21-14/h1-7H,18H2,(H,19,20). The first-order valence-corrected chi connectivity index (χ1v) is 8.07. The molecule has 106 valence electrons. The molecule has 0 spiro atoms. The van der Waals surface area contributed by atoms with E-state index < -0.39 is 0 Å². The number of fused-ring (bicyclic) bond motifs is 1. The molecule has 1 amide bonds. The number of carbonyl (C=O) groups is 1. The lowest BCUT2D eigenvalue weighted by molar-refractivity contribution is 0.103. The van der Waals surface area contributed by atoms with Crippen molar-refractivity contribution in [3.05, 3.63) is 56.8 Å². The third-order valence-electron chi connectivity index (χ3n) is 2.94. The van der Waals surface area contributed by atoms with Crippen LogP contribution in [0.25, 0.3) is 10.1 Å². The third kappa shape index (κ3) is 3.05. The summed E-state index contributed by atoms with van der Waals surface area (Å²) in [4.78, 5) is 13.0. The molecule has 0 unspecified atom stereocenters. The van der Waals surface area contributed by atoms with E-state index in [2.05, 4.69) is 21.2 Å². The van der Waals surface area contributed by atoms with Gasteiger partial charge in [0.1, 0.15) is 0 Å². The molecule has 0 radical (unpaired) electrons. The van der Waals surface area contributed by atoms with Crippen molar-refractivity contribution in [2.45, 2.75) is 0 Å². The summed E-state index contributed by atoms with van der Waals surface area (Å²) < 4.78 is 1.78. The molecule has 0 saturated heterocycles. The van der Waals surface area contributed by atoms with Crippen LogP contribution in [0.1, 0.15) is 9.67 Å². The third-order valence-corrected chi connectivity index (χ3v) is 4.95. The van der Waals surface area contributed by atoms with Gasteiger partial charge in [0, 0.05) is 19.9 Å². The largest absolute Gasteiger partial charge is 0.399 e. The summed E-state index contributed by atoms with van der Waals surface area (Å²) >= 11 is 10.7. The molecule has 0 fully saturated rings. The SMILES string of the molecule is Nc1ccc2sc(C(=O)Nc3ccc(Cl)cc3Br)cc2c1. The smallest absolute Gasteiger partial charge is 0.265 e. The highest BCUT2D eigenvalue weighted by Gasteiger charge is 2.12. The van der Waals surface area contributed by atoms with Gasteiger partial charge in [0.2, 0.25) is 0 Å². The van der Waals surface area contributed by atoms with Crippen LogP contribution < -0.4 is 11.1 Å². The Bertz CT molecular complexity index is 847. The van der Waals surface area contributed by atoms with Gasteiger partial charge in [-0.3, -0.25) is 4.79 Å². The van der Waals surface area contributed by atoms with E-state index in [9.17, 15) is 4.79 Å². The zero-order valence-electron chi connectivity index (χ0n) is 10.7. The number of amides is 1. The molecule has 0 bridgehead atoms. The Morgan fingerprint density at radius 1 is 1.19 bits per heavy atom. The second-order valence-electron chi connectivity index (χ2n) is 4.49. The van der Waals surface area contributed by atoms with Crippen LogP contribution in [0, 0.1) is 0 Å². The summed E-state index contributed by atoms with van der Waals surface area (Å²) in [5.41, 5.74) is 7.12. The molecule has 3 N–H and O–H groups in total. The number of halogens is 2. The van der Waals surface area contributed by atoms with E-state index in [-0.39, 0.29) is 5.91 Å². The molecule has 0 aliphatic rings. The Morgan fingerprint density at radius 2 is 2.00 bits per heavy atom. The molecule has 2 aromatic carbocycles. The minimum absolute atomic E-state index is 0.155. The second kappa shape index (κ2) is 5.67. The van der Waals surface area contributed by atoms with Crippen LogP contribution in [0.15, 0.2) is 46.9 Å². The van der Waals surface area contributed by atoms with Crippen LogP contribution in [0.3, 0.4) is 0 Å². The van der Waals surface area contributed by atoms with Crippen molar-refractivity contribution in [1.82, 2.24) is 0 Å². The van der Waals surface area contributed by atoms with Crippen LogP contribution in [0.5, 0.6) is 0 Å². The number of hydrogen-bond donors (Lipinski definition) is 2. The Balaban J connectivity index is 1.89. The lowest BCUT2D eigenvalue weighted by atomic mass is 10.2. The van der Waals surface area contributed by atoms with Crippen LogP contribution in [-0.2, 0) is 0 Å². The van der Waals surface area contributed by atoms with Crippen LogP contribution >= 0.6 is 38.9 Å². The number of nitrogens with two attached hydrogens (primary N) is 1. The number of hydrogen-bond acceptors (Lipinski definition) is 3. The quantitative estimate of drug-likeness (QED) is 0.603. The number of benzene rings is 2. The van der Waals surface area contributed by atoms with E-state index >= 15 is 0 Å². The lowest BCUT2D eigenvalue weighted by Crippen LogP contribution is -2.10. The van der Waals surface area contributed by atoms with Crippen molar-refractivity contribution in [3.63, 3.8) is 0 Å². The maximum atomic E-state index is 12.3. The van der Waals surface area contributed by atoms with Gasteiger partial charge in [0.05, 0.1) is 10.6 Å². The summed E-state index contributed by atoms with van der Waals surface area (Å²) in [6.45, 7) is 0. The minimum Gasteiger partial charge on any atom is -0.399 e. The van der Waals surface area contributed by atoms with Crippen molar-refractivity contribution in [2.24, 2.45) is 0 Å². The average molecular weight is 382 g/mol. The maximum Gasteiger partial charge on any atom is 0.265 e. The molecular formula is C15H10BrClN2OS. The zero-order chi connectivity index (χ0) is 15.0. The second-order valence-corrected chi connectivity index (χ2v) is 6.86. The number of rotatable bonds is 2. The number of nitrogen functional groups attached to an aromatic ring is 1. The molecular weight excluding hydrogens is 372 g/mol. The van der Waals surface area contributed by atoms with E-state index in [4.69, 9.17) is 17.3 Å². The van der Waals surface area contributed by atoms with Gasteiger partial charge >= 0.3 is 0 Å². The van der Waals surface area contributed by atoms with Crippen LogP contribution in [-0.4, -0.2) is 5.91 Å². The normalized spacial score (nSPS) is 10.8. The Hall–Kier alpha value is -1.56. The zero-order valence-corrected chi connectivity index (χ0v) is 13.8. The molecule has 3 aromatic rings. The molecule has 0 saturated carbocycles. The first kappa shape index (κ1) is 14.4. The summed E-state index contributed by atoms with van der Waals surface area (Å²) in [5.74, 6) is -0.155. The van der Waals surface area contributed by atoms with Crippen molar-refractivity contribution in [2.75, 3.05) is 11.1 Å². The van der Waals surface area contributed by atoms with Gasteiger partial charge in [-0.15, -0.1) is 11.3 Å². The van der Waals surface area contributed by atoms with Crippen molar-refractivity contribution in [1.29, 1.82) is 0 Å². The molecule has 0 aliphatic heterocycles. The Labute approximate surface area is 138 Å². The number of thiophene rings is 1. The fraction of sp³-hybridized carbons (Fsp3) is 0. The van der Waals surface area contributed by atoms with E-state index in [0.717, 1.165) is 14.6 Å². The average Bonchev–Trinajstić information content (AvgIpc) is 2.85. The van der Waals surface area contributed by atoms with Gasteiger partial charge in [-0.25, -0.2) is 0 Å². The summed E-state index contributed by atoms with van der Waals surface area (Å²) in [7, 11) is 0. The molecule has 1 aromatic heterocycles. The predicted molar refractivity (Wildman–Crippen MR) is 93.3 cm³/mol. The molecule has 3 nitrogen and oxygen atoms in total. The number of carbonyl (C=O) groups excluding carboxylic acids is 1. The lowest BCUT2D eigenvalue weighted by Gasteiger charge is -2.06. The summed E-state index contributed by atoms with van der Waals surface area (Å²) in [6, 6.07) is 12.7. The van der Waals surface area contributed by atoms with Crippen LogP contribution in [0.4, 0.5) is 11.4 Å². The first-order valence-electron chi connectivity index (χ1n) is 6.08. The number of nitrogens with one attached hydrogen (secondary N) is 1. The van der Waals surface area contributed by atoms with Crippen LogP contribution in [0.2, 0.25) is 5.02 Å². The van der Waals surface area contributed by atoms with Gasteiger partial charge < -0.3 is 11.1 Å². The van der Waals surface area contributed by atoms with Crippen molar-refractivity contribution in [3.8, 4) is 0 Å². The fourth-order valence-electron chi connectivity index (χ4n) is 1.95. The van der Waals surface area contributed by atoms with E-state index in [0.29, 0.717) is 21.3 Å². The number of anilines is 2. The molecule has 21 heavy (non-hydrogen) atoms. The highest BCUT2D eigenvalue weighted by Crippen LogP contribution is 2.30. The topological polar surface area (TPSA) is 55.1 Å². The van der Waals surface area contributed by atoms with Gasteiger partial charge in [-0.2, -0.15) is 0 Å². The Morgan fingerprint density at radius 3 is 2.76 bits per heavy atom. The van der Waals surface area contributed by atoms with Crippen molar-refractivity contribution >= 4 is 66.2 Å². The van der Waals surface area contributed by atoms with Gasteiger partial charge in [-0.1, -0.05) is 11.6 Å². The molecule has 1 heterocycles. The summed E-state index contributed by atoms with van der Waals surface area (Å²) in [5, 5.41) is 4.45. The molecule has 0 aliphatic carbocycles. The predicted octanol–water partition coefficient (Wildman–Crippen LogP) is 5.15.